The van der Waals surface area contributed by atoms with E-state index in [1.807, 2.05) is 0 Å². The first-order valence-corrected chi connectivity index (χ1v) is 7.16. The third-order valence-electron chi connectivity index (χ3n) is 2.55. The number of aromatic nitrogens is 2. The molecule has 110 valence electrons. The van der Waals surface area contributed by atoms with E-state index in [0.29, 0.717) is 5.69 Å². The Kier molecular flexibility index (Phi) is 3.98. The summed E-state index contributed by atoms with van der Waals surface area (Å²) in [6, 6.07) is 3.75. The predicted molar refractivity (Wildman–Crippen MR) is 75.5 cm³/mol. The van der Waals surface area contributed by atoms with E-state index in [1.165, 1.54) is 24.8 Å². The first-order chi connectivity index (χ1) is 9.94. The van der Waals surface area contributed by atoms with Gasteiger partial charge in [0.05, 0.1) is 23.0 Å². The molecule has 0 saturated heterocycles. The lowest BCUT2D eigenvalue weighted by atomic mass is 10.3. The third-order valence-corrected chi connectivity index (χ3v) is 3.98. The van der Waals surface area contributed by atoms with Crippen LogP contribution in [0.1, 0.15) is 0 Å². The minimum absolute atomic E-state index is 0.115. The van der Waals surface area contributed by atoms with Crippen LogP contribution in [0.15, 0.2) is 41.8 Å². The van der Waals surface area contributed by atoms with E-state index >= 15 is 0 Å². The summed E-state index contributed by atoms with van der Waals surface area (Å²) < 4.78 is 26.7. The molecule has 0 fully saturated rings. The minimum Gasteiger partial charge on any atom is -0.388 e. The minimum atomic E-state index is -4.11. The second kappa shape index (κ2) is 5.71. The molecule has 0 spiro atoms. The van der Waals surface area contributed by atoms with Crippen LogP contribution in [0.5, 0.6) is 0 Å². The van der Waals surface area contributed by atoms with Gasteiger partial charge in [0.25, 0.3) is 15.7 Å². The number of nitro groups is 1. The van der Waals surface area contributed by atoms with Crippen molar-refractivity contribution in [2.45, 2.75) is 4.90 Å². The Morgan fingerprint density at radius 3 is 2.43 bits per heavy atom. The van der Waals surface area contributed by atoms with Crippen LogP contribution in [-0.2, 0) is 10.0 Å². The van der Waals surface area contributed by atoms with Crippen molar-refractivity contribution in [3.05, 3.63) is 47.0 Å². The van der Waals surface area contributed by atoms with Gasteiger partial charge in [0.15, 0.2) is 4.90 Å². The fourth-order valence-electron chi connectivity index (χ4n) is 1.60. The SMILES string of the molecule is CNc1ccc(S(=O)(=O)Nc2cncnc2)c([N+](=O)[O-])c1. The van der Waals surface area contributed by atoms with E-state index in [9.17, 15) is 18.5 Å². The number of rotatable bonds is 5. The molecule has 1 heterocycles. The lowest BCUT2D eigenvalue weighted by Crippen LogP contribution is -2.15. The van der Waals surface area contributed by atoms with Gasteiger partial charge in [-0.2, -0.15) is 0 Å². The molecule has 2 N–H and O–H groups in total. The van der Waals surface area contributed by atoms with Gasteiger partial charge in [-0.15, -0.1) is 0 Å². The molecule has 0 saturated carbocycles. The molecule has 9 nitrogen and oxygen atoms in total. The van der Waals surface area contributed by atoms with Crippen molar-refractivity contribution < 1.29 is 13.3 Å². The maximum atomic E-state index is 12.2. The Morgan fingerprint density at radius 2 is 1.86 bits per heavy atom. The van der Waals surface area contributed by atoms with Crippen LogP contribution in [0.2, 0.25) is 0 Å². The number of hydrogen-bond acceptors (Lipinski definition) is 7. The van der Waals surface area contributed by atoms with Gasteiger partial charge in [-0.25, -0.2) is 18.4 Å². The smallest absolute Gasteiger partial charge is 0.291 e. The number of nitro benzene ring substituents is 1. The van der Waals surface area contributed by atoms with Gasteiger partial charge >= 0.3 is 0 Å². The second-order valence-electron chi connectivity index (χ2n) is 3.92. The first-order valence-electron chi connectivity index (χ1n) is 5.68. The molecule has 10 heteroatoms. The average molecular weight is 309 g/mol. The van der Waals surface area contributed by atoms with E-state index in [-0.39, 0.29) is 5.69 Å². The number of anilines is 2. The van der Waals surface area contributed by atoms with Gasteiger partial charge in [0.1, 0.15) is 6.33 Å². The number of nitrogens with zero attached hydrogens (tertiary/aromatic N) is 3. The van der Waals surface area contributed by atoms with Crippen molar-refractivity contribution in [3.63, 3.8) is 0 Å². The maximum Gasteiger partial charge on any atom is 0.291 e. The van der Waals surface area contributed by atoms with Crippen molar-refractivity contribution in [3.8, 4) is 0 Å². The fourth-order valence-corrected chi connectivity index (χ4v) is 2.79. The van der Waals surface area contributed by atoms with Crippen LogP contribution in [0.25, 0.3) is 0 Å². The first kappa shape index (κ1) is 14.7. The summed E-state index contributed by atoms with van der Waals surface area (Å²) in [4.78, 5) is 17.2. The average Bonchev–Trinajstić information content (AvgIpc) is 2.47. The maximum absolute atomic E-state index is 12.2. The molecule has 2 rings (SSSR count). The molecule has 0 amide bonds. The quantitative estimate of drug-likeness (QED) is 0.628. The molecule has 0 bridgehead atoms. The molecular formula is C11H11N5O4S. The summed E-state index contributed by atoms with van der Waals surface area (Å²) in [5.41, 5.74) is 0.0272. The molecule has 0 unspecified atom stereocenters. The third kappa shape index (κ3) is 3.23. The van der Waals surface area contributed by atoms with Gasteiger partial charge in [-0.1, -0.05) is 0 Å². The molecule has 0 aliphatic heterocycles. The van der Waals surface area contributed by atoms with E-state index < -0.39 is 25.5 Å². The largest absolute Gasteiger partial charge is 0.388 e. The zero-order chi connectivity index (χ0) is 15.5. The van der Waals surface area contributed by atoms with Crippen LogP contribution in [-0.4, -0.2) is 30.4 Å². The molecule has 2 aromatic rings. The summed E-state index contributed by atoms with van der Waals surface area (Å²) in [6.45, 7) is 0. The van der Waals surface area contributed by atoms with Crippen LogP contribution < -0.4 is 10.0 Å². The topological polar surface area (TPSA) is 127 Å². The van der Waals surface area contributed by atoms with Crippen molar-refractivity contribution in [2.75, 3.05) is 17.1 Å². The molecule has 0 atom stereocenters. The van der Waals surface area contributed by atoms with Crippen LogP contribution in [0, 0.1) is 10.1 Å². The molecule has 0 radical (unpaired) electrons. The van der Waals surface area contributed by atoms with Crippen molar-refractivity contribution >= 4 is 27.1 Å². The van der Waals surface area contributed by atoms with E-state index in [4.69, 9.17) is 0 Å². The highest BCUT2D eigenvalue weighted by molar-refractivity contribution is 7.92. The van der Waals surface area contributed by atoms with Crippen LogP contribution in [0.3, 0.4) is 0 Å². The van der Waals surface area contributed by atoms with Crippen molar-refractivity contribution in [1.82, 2.24) is 9.97 Å². The predicted octanol–water partition coefficient (Wildman–Crippen LogP) is 1.23. The Hall–Kier alpha value is -2.75. The molecule has 0 aliphatic carbocycles. The Bertz CT molecular complexity index is 763. The van der Waals surface area contributed by atoms with E-state index in [2.05, 4.69) is 20.0 Å². The monoisotopic (exact) mass is 309 g/mol. The number of hydrogen-bond donors (Lipinski definition) is 2. The molecule has 1 aromatic carbocycles. The molecular weight excluding hydrogens is 298 g/mol. The van der Waals surface area contributed by atoms with Crippen LogP contribution >= 0.6 is 0 Å². The molecule has 1 aromatic heterocycles. The van der Waals surface area contributed by atoms with Gasteiger partial charge in [0.2, 0.25) is 0 Å². The summed E-state index contributed by atoms with van der Waals surface area (Å²) in [5.74, 6) is 0. The zero-order valence-electron chi connectivity index (χ0n) is 10.8. The standard InChI is InChI=1S/C11H11N5O4S/c1-12-8-2-3-11(10(4-8)16(17)18)21(19,20)15-9-5-13-7-14-6-9/h2-7,12,15H,1H3. The summed E-state index contributed by atoms with van der Waals surface area (Å²) in [5, 5.41) is 13.8. The highest BCUT2D eigenvalue weighted by Gasteiger charge is 2.26. The van der Waals surface area contributed by atoms with Gasteiger partial charge < -0.3 is 5.32 Å². The summed E-state index contributed by atoms with van der Waals surface area (Å²) >= 11 is 0. The fraction of sp³-hybridized carbons (Fsp3) is 0.0909. The highest BCUT2D eigenvalue weighted by atomic mass is 32.2. The number of nitrogens with one attached hydrogen (secondary N) is 2. The lowest BCUT2D eigenvalue weighted by molar-refractivity contribution is -0.387. The van der Waals surface area contributed by atoms with Crippen molar-refractivity contribution in [1.29, 1.82) is 0 Å². The van der Waals surface area contributed by atoms with Crippen molar-refractivity contribution in [2.24, 2.45) is 0 Å². The summed E-state index contributed by atoms with van der Waals surface area (Å²) in [6.07, 6.45) is 3.73. The molecule has 21 heavy (non-hydrogen) atoms. The number of benzene rings is 1. The molecule has 0 aliphatic rings. The zero-order valence-corrected chi connectivity index (χ0v) is 11.7. The number of sulfonamides is 1. The van der Waals surface area contributed by atoms with Gasteiger partial charge in [-0.3, -0.25) is 14.8 Å². The Morgan fingerprint density at radius 1 is 1.19 bits per heavy atom. The van der Waals surface area contributed by atoms with Crippen LogP contribution in [0.4, 0.5) is 17.1 Å². The lowest BCUT2D eigenvalue weighted by Gasteiger charge is -2.09. The summed E-state index contributed by atoms with van der Waals surface area (Å²) in [7, 11) is -2.54. The Labute approximate surface area is 120 Å². The van der Waals surface area contributed by atoms with E-state index in [0.717, 1.165) is 12.1 Å². The van der Waals surface area contributed by atoms with Gasteiger partial charge in [0, 0.05) is 18.8 Å². The Balaban J connectivity index is 2.47. The normalized spacial score (nSPS) is 10.9. The van der Waals surface area contributed by atoms with Gasteiger partial charge in [-0.05, 0) is 12.1 Å². The van der Waals surface area contributed by atoms with E-state index in [1.54, 1.807) is 7.05 Å². The highest BCUT2D eigenvalue weighted by Crippen LogP contribution is 2.28. The second-order valence-corrected chi connectivity index (χ2v) is 5.57.